The van der Waals surface area contributed by atoms with Gasteiger partial charge in [0, 0.05) is 0 Å². The first kappa shape index (κ1) is 4.46. The summed E-state index contributed by atoms with van der Waals surface area (Å²) >= 11 is 0. The number of hydrogen-bond acceptors (Lipinski definition) is 3. The summed E-state index contributed by atoms with van der Waals surface area (Å²) in [6, 6.07) is 0. The smallest absolute Gasteiger partial charge is 0.233 e. The highest BCUT2D eigenvalue weighted by atomic mass is 16.6. The van der Waals surface area contributed by atoms with Crippen molar-refractivity contribution < 1.29 is 14.3 Å². The second kappa shape index (κ2) is 1.42. The van der Waals surface area contributed by atoms with E-state index in [0.29, 0.717) is 0 Å². The van der Waals surface area contributed by atoms with Crippen LogP contribution in [0.1, 0.15) is 0 Å². The van der Waals surface area contributed by atoms with Crippen molar-refractivity contribution in [1.29, 1.82) is 0 Å². The van der Waals surface area contributed by atoms with Crippen LogP contribution in [-0.2, 0) is 14.3 Å². The van der Waals surface area contributed by atoms with Gasteiger partial charge in [0.05, 0.1) is 0 Å². The summed E-state index contributed by atoms with van der Waals surface area (Å²) in [7, 11) is 0. The molecule has 0 aromatic heterocycles. The van der Waals surface area contributed by atoms with Crippen LogP contribution in [-0.4, -0.2) is 24.8 Å². The minimum atomic E-state index is -0.613. The molecule has 1 rings (SSSR count). The zero-order valence-electron chi connectivity index (χ0n) is 3.38. The Bertz CT molecular complexity index is 87.1. The maximum atomic E-state index is 9.51. The van der Waals surface area contributed by atoms with Crippen molar-refractivity contribution in [3.05, 3.63) is 0 Å². The Kier molecular flexibility index (Phi) is 0.906. The average molecular weight is 98.1 g/mol. The van der Waals surface area contributed by atoms with E-state index in [9.17, 15) is 9.59 Å². The van der Waals surface area contributed by atoms with Gasteiger partial charge in [0.15, 0.2) is 12.2 Å². The lowest BCUT2D eigenvalue weighted by Gasteiger charge is -1.56. The Labute approximate surface area is 40.3 Å². The molecular formula is C4H2O3. The summed E-state index contributed by atoms with van der Waals surface area (Å²) in [6.45, 7) is 0. The molecule has 0 amide bonds. The van der Waals surface area contributed by atoms with Crippen LogP contribution in [0.2, 0.25) is 0 Å². The maximum Gasteiger partial charge on any atom is 0.233 e. The summed E-state index contributed by atoms with van der Waals surface area (Å²) in [5.41, 5.74) is 0. The van der Waals surface area contributed by atoms with E-state index in [4.69, 9.17) is 0 Å². The first-order valence-corrected chi connectivity index (χ1v) is 1.79. The van der Waals surface area contributed by atoms with E-state index < -0.39 is 12.2 Å². The van der Waals surface area contributed by atoms with Crippen molar-refractivity contribution in [2.24, 2.45) is 0 Å². The molecule has 2 unspecified atom stereocenters. The number of ether oxygens (including phenoxy) is 1. The van der Waals surface area contributed by atoms with E-state index in [0.717, 1.165) is 0 Å². The van der Waals surface area contributed by atoms with E-state index in [-0.39, 0.29) is 0 Å². The van der Waals surface area contributed by atoms with E-state index >= 15 is 0 Å². The highest BCUT2D eigenvalue weighted by Crippen LogP contribution is 2.15. The number of epoxide rings is 1. The van der Waals surface area contributed by atoms with E-state index in [2.05, 4.69) is 4.74 Å². The molecule has 0 bridgehead atoms. The zero-order valence-corrected chi connectivity index (χ0v) is 3.38. The normalized spacial score (nSPS) is 37.1. The zero-order chi connectivity index (χ0) is 5.28. The fraction of sp³-hybridized carbons (Fsp3) is 0.500. The molecule has 3 nitrogen and oxygen atoms in total. The largest absolute Gasteiger partial charge is 0.352 e. The third kappa shape index (κ3) is 0.667. The topological polar surface area (TPSA) is 46.7 Å². The second-order valence-corrected chi connectivity index (χ2v) is 1.21. The van der Waals surface area contributed by atoms with Crippen LogP contribution in [0.15, 0.2) is 0 Å². The molecule has 0 aromatic rings. The Morgan fingerprint density at radius 3 is 1.71 bits per heavy atom. The van der Waals surface area contributed by atoms with Gasteiger partial charge in [-0.2, -0.15) is 0 Å². The number of hydrogen-bond donors (Lipinski definition) is 0. The standard InChI is InChI=1S/C4H2O3/c5-1-3-4(2-6)7-3/h3-4H. The average Bonchev–Trinajstić information content (AvgIpc) is 2.43. The van der Waals surface area contributed by atoms with Crippen molar-refractivity contribution in [1.82, 2.24) is 0 Å². The van der Waals surface area contributed by atoms with Gasteiger partial charge >= 0.3 is 0 Å². The van der Waals surface area contributed by atoms with Crippen LogP contribution < -0.4 is 0 Å². The predicted octanol–water partition coefficient (Wildman–Crippen LogP) is -1.03. The monoisotopic (exact) mass is 98.0 g/mol. The SMILES string of the molecule is O=[C]C1OC1[C]=O. The summed E-state index contributed by atoms with van der Waals surface area (Å²) in [4.78, 5) is 19.0. The molecule has 1 aliphatic heterocycles. The van der Waals surface area contributed by atoms with Crippen LogP contribution in [0.5, 0.6) is 0 Å². The third-order valence-electron chi connectivity index (χ3n) is 0.724. The van der Waals surface area contributed by atoms with Crippen LogP contribution >= 0.6 is 0 Å². The van der Waals surface area contributed by atoms with E-state index in [1.54, 1.807) is 0 Å². The lowest BCUT2D eigenvalue weighted by atomic mass is 10.4. The summed E-state index contributed by atoms with van der Waals surface area (Å²) in [5, 5.41) is 0. The molecule has 3 heteroatoms. The Hall–Kier alpha value is -0.700. The molecule has 0 spiro atoms. The first-order chi connectivity index (χ1) is 3.38. The first-order valence-electron chi connectivity index (χ1n) is 1.79. The fourth-order valence-electron chi connectivity index (χ4n) is 0.292. The van der Waals surface area contributed by atoms with Crippen LogP contribution in [0.25, 0.3) is 0 Å². The quantitative estimate of drug-likeness (QED) is 0.415. The summed E-state index contributed by atoms with van der Waals surface area (Å²) in [5.74, 6) is 0. The molecule has 0 saturated carbocycles. The maximum absolute atomic E-state index is 9.51. The van der Waals surface area contributed by atoms with Gasteiger partial charge in [-0.25, -0.2) is 0 Å². The third-order valence-corrected chi connectivity index (χ3v) is 0.724. The van der Waals surface area contributed by atoms with Crippen molar-refractivity contribution >= 4 is 12.6 Å². The Morgan fingerprint density at radius 2 is 1.57 bits per heavy atom. The van der Waals surface area contributed by atoms with Gasteiger partial charge < -0.3 is 4.74 Å². The Balaban J connectivity index is 2.30. The van der Waals surface area contributed by atoms with Crippen LogP contribution in [0.4, 0.5) is 0 Å². The van der Waals surface area contributed by atoms with Gasteiger partial charge in [0.2, 0.25) is 12.6 Å². The molecule has 0 aliphatic carbocycles. The molecule has 7 heavy (non-hydrogen) atoms. The lowest BCUT2D eigenvalue weighted by molar-refractivity contribution is 0.410. The predicted molar refractivity (Wildman–Crippen MR) is 20.0 cm³/mol. The van der Waals surface area contributed by atoms with E-state index in [1.165, 1.54) is 12.6 Å². The molecule has 1 heterocycles. The van der Waals surface area contributed by atoms with Gasteiger partial charge in [0.25, 0.3) is 0 Å². The molecule has 1 saturated heterocycles. The molecule has 2 atom stereocenters. The fourth-order valence-corrected chi connectivity index (χ4v) is 0.292. The molecule has 0 aromatic carbocycles. The summed E-state index contributed by atoms with van der Waals surface area (Å²) < 4.78 is 4.37. The number of rotatable bonds is 2. The van der Waals surface area contributed by atoms with Gasteiger partial charge in [0.1, 0.15) is 0 Å². The van der Waals surface area contributed by atoms with Crippen molar-refractivity contribution in [2.45, 2.75) is 12.2 Å². The summed E-state index contributed by atoms with van der Waals surface area (Å²) in [6.07, 6.45) is 1.78. The van der Waals surface area contributed by atoms with Crippen molar-refractivity contribution in [3.63, 3.8) is 0 Å². The molecule has 0 N–H and O–H groups in total. The van der Waals surface area contributed by atoms with Crippen molar-refractivity contribution in [2.75, 3.05) is 0 Å². The highest BCUT2D eigenvalue weighted by Gasteiger charge is 2.40. The second-order valence-electron chi connectivity index (χ2n) is 1.21. The molecular weight excluding hydrogens is 96.0 g/mol. The minimum absolute atomic E-state index is 0.613. The minimum Gasteiger partial charge on any atom is -0.352 e. The van der Waals surface area contributed by atoms with Crippen molar-refractivity contribution in [3.8, 4) is 0 Å². The molecule has 1 aliphatic rings. The van der Waals surface area contributed by atoms with Gasteiger partial charge in [-0.3, -0.25) is 9.59 Å². The van der Waals surface area contributed by atoms with Gasteiger partial charge in [-0.05, 0) is 0 Å². The van der Waals surface area contributed by atoms with Crippen LogP contribution in [0, 0.1) is 0 Å². The van der Waals surface area contributed by atoms with Crippen LogP contribution in [0.3, 0.4) is 0 Å². The number of carbonyl (C=O) groups excluding carboxylic acids is 2. The molecule has 36 valence electrons. The van der Waals surface area contributed by atoms with Gasteiger partial charge in [-0.15, -0.1) is 0 Å². The highest BCUT2D eigenvalue weighted by molar-refractivity contribution is 5.74. The molecule has 1 fully saturated rings. The Morgan fingerprint density at radius 1 is 1.14 bits per heavy atom. The lowest BCUT2D eigenvalue weighted by Crippen LogP contribution is -1.93. The van der Waals surface area contributed by atoms with Gasteiger partial charge in [-0.1, -0.05) is 0 Å². The van der Waals surface area contributed by atoms with E-state index in [1.807, 2.05) is 0 Å². The molecule has 2 radical (unpaired) electrons.